The van der Waals surface area contributed by atoms with Crippen molar-refractivity contribution in [1.29, 1.82) is 0 Å². The number of fused-ring (bicyclic) bond motifs is 1. The average molecular weight is 422 g/mol. The van der Waals surface area contributed by atoms with E-state index in [1.165, 1.54) is 12.0 Å². The molecule has 0 radical (unpaired) electrons. The quantitative estimate of drug-likeness (QED) is 0.601. The number of ether oxygens (including phenoxy) is 1. The number of amides is 1. The molecule has 0 aliphatic carbocycles. The summed E-state index contributed by atoms with van der Waals surface area (Å²) < 4.78 is 5.26. The molecule has 1 N–H and O–H groups in total. The zero-order chi connectivity index (χ0) is 21.3. The molecule has 4 rings (SSSR count). The van der Waals surface area contributed by atoms with E-state index in [0.717, 1.165) is 5.56 Å². The van der Waals surface area contributed by atoms with Crippen LogP contribution >= 0.6 is 11.6 Å². The number of hydrogen-bond acceptors (Lipinski definition) is 4. The van der Waals surface area contributed by atoms with Crippen molar-refractivity contribution in [1.82, 2.24) is 0 Å². The largest absolute Gasteiger partial charge is 0.496 e. The predicted molar refractivity (Wildman–Crippen MR) is 115 cm³/mol. The minimum Gasteiger partial charge on any atom is -0.496 e. The lowest BCUT2D eigenvalue weighted by Crippen LogP contribution is -2.41. The van der Waals surface area contributed by atoms with Gasteiger partial charge in [0.1, 0.15) is 5.75 Å². The van der Waals surface area contributed by atoms with Crippen LogP contribution in [0.25, 0.3) is 0 Å². The summed E-state index contributed by atoms with van der Waals surface area (Å²) in [4.78, 5) is 27.9. The van der Waals surface area contributed by atoms with Crippen LogP contribution in [0.3, 0.4) is 0 Å². The fourth-order valence-corrected chi connectivity index (χ4v) is 4.07. The van der Waals surface area contributed by atoms with Crippen LogP contribution < -0.4 is 9.64 Å². The Kier molecular flexibility index (Phi) is 5.33. The van der Waals surface area contributed by atoms with Crippen LogP contribution in [0.15, 0.2) is 72.8 Å². The predicted octanol–water partition coefficient (Wildman–Crippen LogP) is 4.36. The number of para-hydroxylation sites is 2. The number of halogens is 1. The van der Waals surface area contributed by atoms with Gasteiger partial charge < -0.3 is 14.7 Å². The van der Waals surface area contributed by atoms with Gasteiger partial charge >= 0.3 is 0 Å². The standard InChI is InChI=1S/C24H20ClNO4/c1-30-22-12-5-2-9-18(22)21(27)14-24(29)19-10-3-4-11-20(19)26(23(24)28)15-16-7-6-8-17(25)13-16/h2-13,29H,14-15H2,1H3. The highest BCUT2D eigenvalue weighted by Crippen LogP contribution is 2.44. The van der Waals surface area contributed by atoms with Crippen molar-refractivity contribution in [2.75, 3.05) is 12.0 Å². The number of aliphatic hydroxyl groups is 1. The number of methoxy groups -OCH3 is 1. The number of benzene rings is 3. The molecular weight excluding hydrogens is 402 g/mol. The van der Waals surface area contributed by atoms with Gasteiger partial charge in [0.25, 0.3) is 5.91 Å². The Morgan fingerprint density at radius 1 is 1.07 bits per heavy atom. The molecule has 1 atom stereocenters. The Morgan fingerprint density at radius 2 is 1.80 bits per heavy atom. The first kappa shape index (κ1) is 20.1. The maximum atomic E-state index is 13.4. The molecule has 30 heavy (non-hydrogen) atoms. The molecule has 1 aliphatic rings. The molecule has 1 aliphatic heterocycles. The molecular formula is C24H20ClNO4. The van der Waals surface area contributed by atoms with E-state index >= 15 is 0 Å². The molecule has 6 heteroatoms. The highest BCUT2D eigenvalue weighted by Gasteiger charge is 2.50. The molecule has 0 aromatic heterocycles. The second-order valence-corrected chi connectivity index (χ2v) is 7.64. The number of carbonyl (C=O) groups excluding carboxylic acids is 2. The SMILES string of the molecule is COc1ccccc1C(=O)CC1(O)C(=O)N(Cc2cccc(Cl)c2)c2ccccc21. The normalized spacial score (nSPS) is 17.7. The van der Waals surface area contributed by atoms with Crippen LogP contribution in [0.1, 0.15) is 27.9 Å². The zero-order valence-corrected chi connectivity index (χ0v) is 17.1. The van der Waals surface area contributed by atoms with Gasteiger partial charge in [-0.05, 0) is 35.9 Å². The first-order chi connectivity index (χ1) is 14.4. The van der Waals surface area contributed by atoms with E-state index < -0.39 is 11.5 Å². The van der Waals surface area contributed by atoms with Crippen LogP contribution in [-0.2, 0) is 16.9 Å². The monoisotopic (exact) mass is 421 g/mol. The van der Waals surface area contributed by atoms with Gasteiger partial charge in [-0.2, -0.15) is 0 Å². The van der Waals surface area contributed by atoms with E-state index in [2.05, 4.69) is 0 Å². The first-order valence-electron chi connectivity index (χ1n) is 9.48. The van der Waals surface area contributed by atoms with E-state index in [-0.39, 0.29) is 18.7 Å². The van der Waals surface area contributed by atoms with E-state index in [9.17, 15) is 14.7 Å². The van der Waals surface area contributed by atoms with Gasteiger partial charge in [0, 0.05) is 10.6 Å². The molecule has 0 saturated carbocycles. The summed E-state index contributed by atoms with van der Waals surface area (Å²) in [6.45, 7) is 0.238. The molecule has 0 saturated heterocycles. The van der Waals surface area contributed by atoms with E-state index in [1.807, 2.05) is 12.1 Å². The van der Waals surface area contributed by atoms with Crippen molar-refractivity contribution in [2.45, 2.75) is 18.6 Å². The van der Waals surface area contributed by atoms with Crippen molar-refractivity contribution in [3.8, 4) is 5.75 Å². The third-order valence-corrected chi connectivity index (χ3v) is 5.53. The van der Waals surface area contributed by atoms with Gasteiger partial charge in [0.2, 0.25) is 0 Å². The van der Waals surface area contributed by atoms with Gasteiger partial charge in [-0.15, -0.1) is 0 Å². The maximum Gasteiger partial charge on any atom is 0.264 e. The number of Topliss-reactive ketones (excluding diaryl/α,β-unsaturated/α-hetero) is 1. The Balaban J connectivity index is 1.69. The number of ketones is 1. The fourth-order valence-electron chi connectivity index (χ4n) is 3.85. The second kappa shape index (κ2) is 7.94. The molecule has 3 aromatic carbocycles. The topological polar surface area (TPSA) is 66.8 Å². The third kappa shape index (κ3) is 3.47. The van der Waals surface area contributed by atoms with Crippen LogP contribution in [-0.4, -0.2) is 23.9 Å². The Hall–Kier alpha value is -3.15. The van der Waals surface area contributed by atoms with E-state index in [4.69, 9.17) is 16.3 Å². The van der Waals surface area contributed by atoms with Crippen LogP contribution in [0.2, 0.25) is 5.02 Å². The maximum absolute atomic E-state index is 13.4. The summed E-state index contributed by atoms with van der Waals surface area (Å²) >= 11 is 6.08. The number of rotatable bonds is 6. The van der Waals surface area contributed by atoms with Crippen LogP contribution in [0.5, 0.6) is 5.75 Å². The van der Waals surface area contributed by atoms with Crippen LogP contribution in [0.4, 0.5) is 5.69 Å². The third-order valence-electron chi connectivity index (χ3n) is 5.29. The minimum absolute atomic E-state index is 0.238. The lowest BCUT2D eigenvalue weighted by Gasteiger charge is -2.23. The van der Waals surface area contributed by atoms with Crippen molar-refractivity contribution in [2.24, 2.45) is 0 Å². The van der Waals surface area contributed by atoms with Crippen LogP contribution in [0, 0.1) is 0 Å². The fraction of sp³-hybridized carbons (Fsp3) is 0.167. The molecule has 3 aromatic rings. The second-order valence-electron chi connectivity index (χ2n) is 7.20. The van der Waals surface area contributed by atoms with Crippen molar-refractivity contribution in [3.63, 3.8) is 0 Å². The summed E-state index contributed by atoms with van der Waals surface area (Å²) in [7, 11) is 1.48. The van der Waals surface area contributed by atoms with Gasteiger partial charge in [0.05, 0.1) is 31.3 Å². The smallest absolute Gasteiger partial charge is 0.264 e. The average Bonchev–Trinajstić information content (AvgIpc) is 2.96. The highest BCUT2D eigenvalue weighted by atomic mass is 35.5. The lowest BCUT2D eigenvalue weighted by atomic mass is 9.88. The summed E-state index contributed by atoms with van der Waals surface area (Å²) in [5.41, 5.74) is 0.198. The Bertz CT molecular complexity index is 1130. The lowest BCUT2D eigenvalue weighted by molar-refractivity contribution is -0.136. The first-order valence-corrected chi connectivity index (χ1v) is 9.86. The Morgan fingerprint density at radius 3 is 2.57 bits per heavy atom. The molecule has 1 amide bonds. The van der Waals surface area contributed by atoms with Gasteiger partial charge in [-0.1, -0.05) is 54.1 Å². The van der Waals surface area contributed by atoms with Crippen molar-refractivity contribution >= 4 is 29.0 Å². The summed E-state index contributed by atoms with van der Waals surface area (Å²) in [6.07, 6.45) is -0.380. The molecule has 1 unspecified atom stereocenters. The highest BCUT2D eigenvalue weighted by molar-refractivity contribution is 6.30. The molecule has 152 valence electrons. The van der Waals surface area contributed by atoms with Crippen molar-refractivity contribution in [3.05, 3.63) is 94.5 Å². The molecule has 0 fully saturated rings. The number of hydrogen-bond donors (Lipinski definition) is 1. The van der Waals surface area contributed by atoms with Gasteiger partial charge in [0.15, 0.2) is 11.4 Å². The van der Waals surface area contributed by atoms with E-state index in [1.54, 1.807) is 60.7 Å². The number of nitrogens with zero attached hydrogens (tertiary/aromatic N) is 1. The molecule has 1 heterocycles. The number of carbonyl (C=O) groups is 2. The minimum atomic E-state index is -1.95. The summed E-state index contributed by atoms with van der Waals surface area (Å²) in [5.74, 6) is -0.504. The molecule has 0 spiro atoms. The summed E-state index contributed by atoms with van der Waals surface area (Å²) in [6, 6.07) is 21.0. The van der Waals surface area contributed by atoms with Gasteiger partial charge in [-0.3, -0.25) is 9.59 Å². The van der Waals surface area contributed by atoms with Gasteiger partial charge in [-0.25, -0.2) is 0 Å². The number of anilines is 1. The van der Waals surface area contributed by atoms with Crippen molar-refractivity contribution < 1.29 is 19.4 Å². The summed E-state index contributed by atoms with van der Waals surface area (Å²) in [5, 5.41) is 12.0. The zero-order valence-electron chi connectivity index (χ0n) is 16.3. The van der Waals surface area contributed by atoms with E-state index in [0.29, 0.717) is 27.6 Å². The molecule has 0 bridgehead atoms. The Labute approximate surface area is 179 Å². The molecule has 5 nitrogen and oxygen atoms in total.